The Labute approximate surface area is 124 Å². The van der Waals surface area contributed by atoms with Gasteiger partial charge in [0, 0.05) is 14.7 Å². The summed E-state index contributed by atoms with van der Waals surface area (Å²) in [6, 6.07) is 18.6. The first-order valence-electron chi connectivity index (χ1n) is 8.23. The lowest BCUT2D eigenvalue weighted by Crippen LogP contribution is -1.98. The van der Waals surface area contributed by atoms with E-state index < -0.39 is 6.37 Å². The first-order chi connectivity index (χ1) is 10.6. The zero-order chi connectivity index (χ0) is 15.8. The zero-order valence-electron chi connectivity index (χ0n) is 13.7. The van der Waals surface area contributed by atoms with Gasteiger partial charge in [0.15, 0.2) is 5.78 Å². The second-order valence-electron chi connectivity index (χ2n) is 4.89. The molecule has 0 unspecified atom stereocenters. The molecule has 0 amide bonds. The van der Waals surface area contributed by atoms with Crippen molar-refractivity contribution in [1.82, 2.24) is 0 Å². The van der Waals surface area contributed by atoms with Gasteiger partial charge in [0.2, 0.25) is 0 Å². The van der Waals surface area contributed by atoms with Gasteiger partial charge in [-0.25, -0.2) is 0 Å². The number of rotatable bonds is 8. The first-order valence-corrected chi connectivity index (χ1v) is 7.23. The molecule has 2 aromatic carbocycles. The van der Waals surface area contributed by atoms with Gasteiger partial charge in [-0.3, -0.25) is 4.79 Å². The highest BCUT2D eigenvalue weighted by Gasteiger charge is 2.03. The van der Waals surface area contributed by atoms with E-state index in [1.54, 1.807) is 0 Å². The molecule has 0 spiro atoms. The van der Waals surface area contributed by atoms with Crippen LogP contribution < -0.4 is 0 Å². The SMILES string of the molecule is [2H]C([2H])(CCCCCC(=O)c1ccccc1)c1ccccc1. The zero-order valence-corrected chi connectivity index (χ0v) is 11.7. The number of hydrogen-bond donors (Lipinski definition) is 0. The van der Waals surface area contributed by atoms with Gasteiger partial charge in [0.05, 0.1) is 0 Å². The summed E-state index contributed by atoms with van der Waals surface area (Å²) in [6.45, 7) is 0. The Morgan fingerprint density at radius 2 is 1.40 bits per heavy atom. The van der Waals surface area contributed by atoms with Gasteiger partial charge in [-0.05, 0) is 24.8 Å². The summed E-state index contributed by atoms with van der Waals surface area (Å²) in [4.78, 5) is 12.0. The van der Waals surface area contributed by atoms with Crippen LogP contribution in [0.1, 0.15) is 50.8 Å². The molecule has 0 saturated heterocycles. The van der Waals surface area contributed by atoms with Gasteiger partial charge in [-0.15, -0.1) is 0 Å². The van der Waals surface area contributed by atoms with E-state index in [0.717, 1.165) is 30.4 Å². The van der Waals surface area contributed by atoms with Crippen molar-refractivity contribution in [3.05, 3.63) is 71.8 Å². The van der Waals surface area contributed by atoms with Crippen molar-refractivity contribution < 1.29 is 7.54 Å². The molecule has 0 aromatic heterocycles. The Balaban J connectivity index is 1.70. The quantitative estimate of drug-likeness (QED) is 0.483. The average Bonchev–Trinajstić information content (AvgIpc) is 2.56. The molecule has 0 heterocycles. The van der Waals surface area contributed by atoms with Crippen molar-refractivity contribution in [3.63, 3.8) is 0 Å². The molecule has 2 rings (SSSR count). The summed E-state index contributed by atoms with van der Waals surface area (Å²) in [7, 11) is 0. The molecule has 0 aliphatic carbocycles. The molecule has 2 aromatic rings. The smallest absolute Gasteiger partial charge is 0.162 e. The Bertz CT molecular complexity index is 579. The summed E-state index contributed by atoms with van der Waals surface area (Å²) in [5, 5.41) is 0. The predicted octanol–water partition coefficient (Wildman–Crippen LogP) is 5.06. The van der Waals surface area contributed by atoms with Gasteiger partial charge in [0.1, 0.15) is 0 Å². The van der Waals surface area contributed by atoms with Crippen molar-refractivity contribution in [3.8, 4) is 0 Å². The third-order valence-electron chi connectivity index (χ3n) is 3.28. The minimum absolute atomic E-state index is 0.173. The average molecular weight is 268 g/mol. The van der Waals surface area contributed by atoms with E-state index in [1.807, 2.05) is 60.7 Å². The number of carbonyl (C=O) groups excluding carboxylic acids is 1. The molecule has 104 valence electrons. The Morgan fingerprint density at radius 3 is 2.10 bits per heavy atom. The lowest BCUT2D eigenvalue weighted by atomic mass is 10.0. The number of unbranched alkanes of at least 4 members (excludes halogenated alkanes) is 2. The third kappa shape index (κ3) is 5.00. The molecular formula is C19H22O. The van der Waals surface area contributed by atoms with Crippen molar-refractivity contribution in [2.24, 2.45) is 0 Å². The number of benzene rings is 2. The number of carbonyl (C=O) groups is 1. The van der Waals surface area contributed by atoms with Crippen LogP contribution in [-0.4, -0.2) is 5.78 Å². The van der Waals surface area contributed by atoms with Crippen LogP contribution in [0.25, 0.3) is 0 Å². The Kier molecular flexibility index (Phi) is 4.95. The number of aryl methyl sites for hydroxylation is 1. The number of hydrogen-bond acceptors (Lipinski definition) is 1. The molecular weight excluding hydrogens is 244 g/mol. The highest BCUT2D eigenvalue weighted by molar-refractivity contribution is 5.95. The molecule has 0 atom stereocenters. The molecule has 0 radical (unpaired) electrons. The summed E-state index contributed by atoms with van der Waals surface area (Å²) >= 11 is 0. The summed E-state index contributed by atoms with van der Waals surface area (Å²) < 4.78 is 16.2. The summed E-state index contributed by atoms with van der Waals surface area (Å²) in [5.74, 6) is 0.173. The molecule has 0 N–H and O–H groups in total. The molecule has 0 fully saturated rings. The molecule has 0 bridgehead atoms. The lowest BCUT2D eigenvalue weighted by molar-refractivity contribution is 0.0979. The summed E-state index contributed by atoms with van der Waals surface area (Å²) in [6.07, 6.45) is 2.24. The van der Waals surface area contributed by atoms with Gasteiger partial charge < -0.3 is 0 Å². The van der Waals surface area contributed by atoms with Crippen molar-refractivity contribution in [2.45, 2.75) is 38.5 Å². The van der Waals surface area contributed by atoms with Crippen molar-refractivity contribution >= 4 is 5.78 Å². The van der Waals surface area contributed by atoms with Crippen LogP contribution in [0.3, 0.4) is 0 Å². The van der Waals surface area contributed by atoms with Crippen LogP contribution in [-0.2, 0) is 6.37 Å². The Hall–Kier alpha value is -1.89. The van der Waals surface area contributed by atoms with Gasteiger partial charge in [0.25, 0.3) is 0 Å². The second-order valence-corrected chi connectivity index (χ2v) is 4.89. The fourth-order valence-electron chi connectivity index (χ4n) is 2.14. The Morgan fingerprint density at radius 1 is 0.800 bits per heavy atom. The van der Waals surface area contributed by atoms with E-state index >= 15 is 0 Å². The maximum atomic E-state index is 12.0. The van der Waals surface area contributed by atoms with Crippen molar-refractivity contribution in [2.75, 3.05) is 0 Å². The topological polar surface area (TPSA) is 17.1 Å². The number of Topliss-reactive ketones (excluding diaryl/α,β-unsaturated/α-hetero) is 1. The minimum Gasteiger partial charge on any atom is -0.294 e. The van der Waals surface area contributed by atoms with Gasteiger partial charge >= 0.3 is 0 Å². The molecule has 0 aliphatic rings. The standard InChI is InChI=1S/C19H22O/c20-19(18-14-8-4-9-15-18)16-10-2-1-5-11-17-12-6-3-7-13-17/h3-4,6-9,12-15H,1-2,5,10-11,16H2/i11D2. The van der Waals surface area contributed by atoms with Crippen LogP contribution in [0.2, 0.25) is 0 Å². The monoisotopic (exact) mass is 268 g/mol. The van der Waals surface area contributed by atoms with Crippen LogP contribution >= 0.6 is 0 Å². The van der Waals surface area contributed by atoms with Crippen LogP contribution in [0.5, 0.6) is 0 Å². The van der Waals surface area contributed by atoms with E-state index in [0.29, 0.717) is 12.8 Å². The highest BCUT2D eigenvalue weighted by Crippen LogP contribution is 2.11. The fraction of sp³-hybridized carbons (Fsp3) is 0.316. The first kappa shape index (κ1) is 11.9. The van der Waals surface area contributed by atoms with E-state index in [9.17, 15) is 4.79 Å². The minimum atomic E-state index is -1.29. The van der Waals surface area contributed by atoms with E-state index in [2.05, 4.69) is 0 Å². The van der Waals surface area contributed by atoms with Gasteiger partial charge in [-0.1, -0.05) is 73.5 Å². The lowest BCUT2D eigenvalue weighted by Gasteiger charge is -2.03. The second kappa shape index (κ2) is 8.31. The van der Waals surface area contributed by atoms with Gasteiger partial charge in [-0.2, -0.15) is 0 Å². The van der Waals surface area contributed by atoms with E-state index in [1.165, 1.54) is 0 Å². The summed E-state index contributed by atoms with van der Waals surface area (Å²) in [5.41, 5.74) is 1.50. The third-order valence-corrected chi connectivity index (χ3v) is 3.28. The largest absolute Gasteiger partial charge is 0.294 e. The maximum absolute atomic E-state index is 12.0. The van der Waals surface area contributed by atoms with Crippen LogP contribution in [0.15, 0.2) is 60.7 Å². The number of ketones is 1. The van der Waals surface area contributed by atoms with E-state index in [4.69, 9.17) is 2.74 Å². The fourth-order valence-corrected chi connectivity index (χ4v) is 2.14. The van der Waals surface area contributed by atoms with Crippen molar-refractivity contribution in [1.29, 1.82) is 0 Å². The molecule has 0 saturated carbocycles. The highest BCUT2D eigenvalue weighted by atomic mass is 16.1. The molecule has 0 aliphatic heterocycles. The maximum Gasteiger partial charge on any atom is 0.162 e. The van der Waals surface area contributed by atoms with Crippen LogP contribution in [0, 0.1) is 0 Å². The van der Waals surface area contributed by atoms with Crippen LogP contribution in [0.4, 0.5) is 0 Å². The molecule has 20 heavy (non-hydrogen) atoms. The molecule has 1 heteroatoms. The molecule has 1 nitrogen and oxygen atoms in total. The normalized spacial score (nSPS) is 12.6. The predicted molar refractivity (Wildman–Crippen MR) is 84.0 cm³/mol. The van der Waals surface area contributed by atoms with E-state index in [-0.39, 0.29) is 5.78 Å².